The Morgan fingerprint density at radius 1 is 1.60 bits per heavy atom. The highest BCUT2D eigenvalue weighted by Gasteiger charge is 2.14. The molecule has 0 aliphatic rings. The molecule has 1 radical (unpaired) electrons. The minimum atomic E-state index is -3.37. The topological polar surface area (TPSA) is 90.1 Å². The molecule has 0 bridgehead atoms. The van der Waals surface area contributed by atoms with Crippen LogP contribution in [0.15, 0.2) is 17.3 Å². The van der Waals surface area contributed by atoms with E-state index in [2.05, 4.69) is 11.9 Å². The zero-order valence-electron chi connectivity index (χ0n) is 8.23. The minimum absolute atomic E-state index is 0.0776. The third-order valence-corrected chi connectivity index (χ3v) is 2.86. The van der Waals surface area contributed by atoms with Gasteiger partial charge in [-0.2, -0.15) is 0 Å². The van der Waals surface area contributed by atoms with E-state index in [4.69, 9.17) is 5.73 Å². The molecule has 0 unspecified atom stereocenters. The van der Waals surface area contributed by atoms with Crippen LogP contribution in [0.4, 0.5) is 0 Å². The summed E-state index contributed by atoms with van der Waals surface area (Å²) in [6.45, 7) is 3.59. The molecule has 0 aliphatic carbocycles. The van der Waals surface area contributed by atoms with Crippen LogP contribution in [0.5, 0.6) is 0 Å². The molecule has 0 aliphatic heterocycles. The molecule has 5 nitrogen and oxygen atoms in total. The second-order valence-electron chi connectivity index (χ2n) is 3.07. The number of hydrogen-bond acceptors (Lipinski definition) is 4. The van der Waals surface area contributed by atoms with Gasteiger partial charge < -0.3 is 5.73 Å². The Kier molecular flexibility index (Phi) is 3.09. The molecule has 1 aromatic heterocycles. The Morgan fingerprint density at radius 2 is 2.20 bits per heavy atom. The Morgan fingerprint density at radius 3 is 2.60 bits per heavy atom. The van der Waals surface area contributed by atoms with Crippen LogP contribution < -0.4 is 5.73 Å². The first-order valence-corrected chi connectivity index (χ1v) is 6.03. The normalized spacial score (nSPS) is 11.3. The van der Waals surface area contributed by atoms with E-state index >= 15 is 0 Å². The van der Waals surface area contributed by atoms with Gasteiger partial charge in [0.1, 0.15) is 0 Å². The third-order valence-electron chi connectivity index (χ3n) is 1.88. The van der Waals surface area contributed by atoms with Gasteiger partial charge in [0.05, 0.1) is 5.56 Å². The van der Waals surface area contributed by atoms with E-state index < -0.39 is 15.7 Å². The summed E-state index contributed by atoms with van der Waals surface area (Å²) in [4.78, 5) is 14.6. The highest BCUT2D eigenvalue weighted by Crippen LogP contribution is 2.13. The Hall–Kier alpha value is -1.43. The molecule has 1 heterocycles. The van der Waals surface area contributed by atoms with Crippen LogP contribution in [0.3, 0.4) is 0 Å². The van der Waals surface area contributed by atoms with Crippen LogP contribution in [0.1, 0.15) is 15.9 Å². The Labute approximate surface area is 88.2 Å². The Balaban J connectivity index is 3.38. The van der Waals surface area contributed by atoms with Crippen LogP contribution in [0.2, 0.25) is 0 Å². The molecule has 2 N–H and O–H groups in total. The van der Waals surface area contributed by atoms with Crippen molar-refractivity contribution in [3.05, 3.63) is 30.3 Å². The number of hydrogen-bond donors (Lipinski definition) is 1. The first kappa shape index (κ1) is 11.6. The molecule has 0 atom stereocenters. The zero-order chi connectivity index (χ0) is 11.6. The van der Waals surface area contributed by atoms with E-state index in [0.29, 0.717) is 5.56 Å². The number of amides is 1. The maximum atomic E-state index is 11.2. The minimum Gasteiger partial charge on any atom is -0.366 e. The predicted octanol–water partition coefficient (Wildman–Crippen LogP) is -0.0394. The summed E-state index contributed by atoms with van der Waals surface area (Å²) >= 11 is 0. The van der Waals surface area contributed by atoms with Crippen LogP contribution in [0, 0.1) is 6.92 Å². The maximum Gasteiger partial charge on any atom is 0.250 e. The molecule has 0 fully saturated rings. The van der Waals surface area contributed by atoms with Gasteiger partial charge in [0, 0.05) is 12.5 Å². The van der Waals surface area contributed by atoms with E-state index in [9.17, 15) is 13.2 Å². The molecule has 6 heteroatoms. The van der Waals surface area contributed by atoms with Crippen molar-refractivity contribution in [3.8, 4) is 0 Å². The van der Waals surface area contributed by atoms with Crippen molar-refractivity contribution in [1.82, 2.24) is 4.98 Å². The molecule has 0 aromatic carbocycles. The van der Waals surface area contributed by atoms with Gasteiger partial charge in [0.2, 0.25) is 0 Å². The lowest BCUT2D eigenvalue weighted by atomic mass is 10.1. The van der Waals surface area contributed by atoms with Crippen LogP contribution >= 0.6 is 0 Å². The quantitative estimate of drug-likeness (QED) is 0.784. The zero-order valence-corrected chi connectivity index (χ0v) is 9.04. The van der Waals surface area contributed by atoms with E-state index in [-0.39, 0.29) is 17.0 Å². The summed E-state index contributed by atoms with van der Waals surface area (Å²) in [6, 6.07) is 1.32. The van der Waals surface area contributed by atoms with Crippen molar-refractivity contribution in [3.63, 3.8) is 0 Å². The highest BCUT2D eigenvalue weighted by atomic mass is 32.2. The van der Waals surface area contributed by atoms with Crippen molar-refractivity contribution in [2.75, 3.05) is 6.26 Å². The Bertz CT molecular complexity index is 494. The summed E-state index contributed by atoms with van der Waals surface area (Å²) < 4.78 is 22.4. The van der Waals surface area contributed by atoms with Crippen LogP contribution in [-0.4, -0.2) is 25.6 Å². The fourth-order valence-electron chi connectivity index (χ4n) is 1.11. The lowest BCUT2D eigenvalue weighted by Gasteiger charge is -2.05. The monoisotopic (exact) mass is 227 g/mol. The van der Waals surface area contributed by atoms with Gasteiger partial charge in [0.15, 0.2) is 14.9 Å². The summed E-state index contributed by atoms with van der Waals surface area (Å²) in [6.07, 6.45) is 2.49. The molecule has 1 amide bonds. The number of nitrogens with two attached hydrogens (primary N) is 1. The number of carbonyl (C=O) groups is 1. The SMILES string of the molecule is [CH2]Cc1cc(S(C)(=O)=O)ncc1C(N)=O. The van der Waals surface area contributed by atoms with Crippen molar-refractivity contribution in [1.29, 1.82) is 0 Å². The molecule has 1 rings (SSSR count). The van der Waals surface area contributed by atoms with Gasteiger partial charge >= 0.3 is 0 Å². The van der Waals surface area contributed by atoms with Gasteiger partial charge in [-0.25, -0.2) is 13.4 Å². The number of nitrogens with zero attached hydrogens (tertiary/aromatic N) is 1. The molecular formula is C9H11N2O3S. The van der Waals surface area contributed by atoms with Crippen LogP contribution in [0.25, 0.3) is 0 Å². The number of rotatable bonds is 3. The molecule has 0 saturated carbocycles. The van der Waals surface area contributed by atoms with E-state index in [0.717, 1.165) is 6.26 Å². The van der Waals surface area contributed by atoms with E-state index in [1.807, 2.05) is 0 Å². The number of aromatic nitrogens is 1. The number of carbonyl (C=O) groups excluding carboxylic acids is 1. The molecule has 1 aromatic rings. The largest absolute Gasteiger partial charge is 0.366 e. The standard InChI is InChI=1S/C9H11N2O3S/c1-3-6-4-8(15(2,13)14)11-5-7(6)9(10)12/h4-5H,1,3H2,2H3,(H2,10,12). The molecular weight excluding hydrogens is 216 g/mol. The molecule has 81 valence electrons. The van der Waals surface area contributed by atoms with E-state index in [1.54, 1.807) is 0 Å². The van der Waals surface area contributed by atoms with Gasteiger partial charge in [-0.05, 0) is 25.0 Å². The average molecular weight is 227 g/mol. The third kappa shape index (κ3) is 2.53. The van der Waals surface area contributed by atoms with Gasteiger partial charge in [0.25, 0.3) is 5.91 Å². The number of pyridine rings is 1. The second-order valence-corrected chi connectivity index (χ2v) is 5.03. The maximum absolute atomic E-state index is 11.2. The molecule has 0 spiro atoms. The predicted molar refractivity (Wildman–Crippen MR) is 54.9 cm³/mol. The van der Waals surface area contributed by atoms with E-state index in [1.165, 1.54) is 12.3 Å². The van der Waals surface area contributed by atoms with Crippen LogP contribution in [-0.2, 0) is 16.3 Å². The fraction of sp³-hybridized carbons (Fsp3) is 0.222. The summed E-state index contributed by atoms with van der Waals surface area (Å²) in [7, 11) is -3.37. The number of sulfone groups is 1. The lowest BCUT2D eigenvalue weighted by Crippen LogP contribution is -2.15. The highest BCUT2D eigenvalue weighted by molar-refractivity contribution is 7.90. The molecule has 15 heavy (non-hydrogen) atoms. The smallest absolute Gasteiger partial charge is 0.250 e. The summed E-state index contributed by atoms with van der Waals surface area (Å²) in [5.74, 6) is -0.638. The second kappa shape index (κ2) is 3.98. The summed E-state index contributed by atoms with van der Waals surface area (Å²) in [5.41, 5.74) is 5.78. The first-order valence-electron chi connectivity index (χ1n) is 4.14. The fourth-order valence-corrected chi connectivity index (χ4v) is 1.71. The lowest BCUT2D eigenvalue weighted by molar-refractivity contribution is 0.0999. The van der Waals surface area contributed by atoms with Gasteiger partial charge in [-0.3, -0.25) is 4.79 Å². The summed E-state index contributed by atoms with van der Waals surface area (Å²) in [5, 5.41) is -0.0776. The van der Waals surface area contributed by atoms with Gasteiger partial charge in [-0.1, -0.05) is 0 Å². The average Bonchev–Trinajstić information content (AvgIpc) is 2.15. The van der Waals surface area contributed by atoms with Crippen molar-refractivity contribution < 1.29 is 13.2 Å². The van der Waals surface area contributed by atoms with Crippen molar-refractivity contribution in [2.45, 2.75) is 11.4 Å². The number of primary amides is 1. The van der Waals surface area contributed by atoms with Crippen molar-refractivity contribution >= 4 is 15.7 Å². The van der Waals surface area contributed by atoms with Crippen molar-refractivity contribution in [2.24, 2.45) is 5.73 Å². The molecule has 0 saturated heterocycles. The first-order chi connectivity index (χ1) is 6.86. The van der Waals surface area contributed by atoms with Gasteiger partial charge in [-0.15, -0.1) is 0 Å².